The number of nitriles is 1. The maximum atomic E-state index is 11.5. The summed E-state index contributed by atoms with van der Waals surface area (Å²) in [5.74, 6) is 0.389. The van der Waals surface area contributed by atoms with E-state index in [0.29, 0.717) is 24.2 Å². The number of aryl methyl sites for hydroxylation is 1. The molecule has 0 fully saturated rings. The number of methoxy groups -OCH3 is 1. The van der Waals surface area contributed by atoms with Crippen LogP contribution >= 0.6 is 0 Å². The van der Waals surface area contributed by atoms with Crippen LogP contribution in [0.15, 0.2) is 12.1 Å². The molecule has 0 aliphatic heterocycles. The van der Waals surface area contributed by atoms with Gasteiger partial charge >= 0.3 is 5.97 Å². The van der Waals surface area contributed by atoms with E-state index in [0.717, 1.165) is 5.82 Å². The van der Waals surface area contributed by atoms with E-state index in [9.17, 15) is 4.79 Å². The quantitative estimate of drug-likeness (QED) is 0.761. The number of aromatic nitrogens is 1. The van der Waals surface area contributed by atoms with Crippen LogP contribution in [-0.2, 0) is 4.74 Å². The van der Waals surface area contributed by atoms with Gasteiger partial charge in [-0.15, -0.1) is 0 Å². The molecule has 0 aliphatic rings. The molecule has 0 saturated heterocycles. The molecule has 0 amide bonds. The van der Waals surface area contributed by atoms with Gasteiger partial charge in [-0.2, -0.15) is 5.26 Å². The highest BCUT2D eigenvalue weighted by atomic mass is 16.5. The Labute approximate surface area is 113 Å². The smallest absolute Gasteiger partial charge is 0.339 e. The van der Waals surface area contributed by atoms with Crippen molar-refractivity contribution in [1.29, 1.82) is 5.26 Å². The van der Waals surface area contributed by atoms with Gasteiger partial charge in [-0.3, -0.25) is 0 Å². The van der Waals surface area contributed by atoms with E-state index >= 15 is 0 Å². The van der Waals surface area contributed by atoms with Crippen LogP contribution < -0.4 is 4.90 Å². The molecule has 102 valence electrons. The molecule has 1 aromatic rings. The summed E-state index contributed by atoms with van der Waals surface area (Å²) in [4.78, 5) is 18.0. The minimum absolute atomic E-state index is 0.240. The van der Waals surface area contributed by atoms with Crippen molar-refractivity contribution in [2.45, 2.75) is 33.2 Å². The summed E-state index contributed by atoms with van der Waals surface area (Å²) in [6, 6.07) is 5.87. The Hall–Kier alpha value is -2.09. The van der Waals surface area contributed by atoms with Crippen LogP contribution in [0.25, 0.3) is 0 Å². The topological polar surface area (TPSA) is 66.2 Å². The first-order valence-corrected chi connectivity index (χ1v) is 6.20. The van der Waals surface area contributed by atoms with Crippen molar-refractivity contribution in [3.05, 3.63) is 23.4 Å². The van der Waals surface area contributed by atoms with Crippen LogP contribution in [0.3, 0.4) is 0 Å². The molecule has 0 aliphatic carbocycles. The molecule has 1 aromatic heterocycles. The third-order valence-electron chi connectivity index (χ3n) is 2.86. The largest absolute Gasteiger partial charge is 0.465 e. The third-order valence-corrected chi connectivity index (χ3v) is 2.86. The number of carbonyl (C=O) groups is 1. The highest BCUT2D eigenvalue weighted by molar-refractivity contribution is 5.90. The summed E-state index contributed by atoms with van der Waals surface area (Å²) in [5.41, 5.74) is 1.10. The number of rotatable bonds is 5. The molecule has 19 heavy (non-hydrogen) atoms. The van der Waals surface area contributed by atoms with E-state index in [1.807, 2.05) is 18.7 Å². The Balaban J connectivity index is 3.03. The normalized spacial score (nSPS) is 10.1. The van der Waals surface area contributed by atoms with Crippen molar-refractivity contribution in [1.82, 2.24) is 4.98 Å². The first kappa shape index (κ1) is 15.0. The van der Waals surface area contributed by atoms with Crippen LogP contribution in [-0.4, -0.2) is 30.6 Å². The fraction of sp³-hybridized carbons (Fsp3) is 0.500. The maximum absolute atomic E-state index is 11.5. The fourth-order valence-electron chi connectivity index (χ4n) is 1.84. The van der Waals surface area contributed by atoms with Gasteiger partial charge in [0.05, 0.1) is 30.9 Å². The predicted molar refractivity (Wildman–Crippen MR) is 73.0 cm³/mol. The van der Waals surface area contributed by atoms with Crippen molar-refractivity contribution < 1.29 is 9.53 Å². The molecule has 0 radical (unpaired) electrons. The lowest BCUT2D eigenvalue weighted by Crippen LogP contribution is -2.32. The SMILES string of the molecule is COC(=O)c1ccc(N(CCC#N)C(C)C)nc1C. The number of nitrogens with zero attached hydrogens (tertiary/aromatic N) is 3. The maximum Gasteiger partial charge on any atom is 0.339 e. The van der Waals surface area contributed by atoms with Crippen molar-refractivity contribution in [2.75, 3.05) is 18.6 Å². The van der Waals surface area contributed by atoms with Crippen LogP contribution in [0.1, 0.15) is 36.3 Å². The van der Waals surface area contributed by atoms with Gasteiger partial charge in [-0.25, -0.2) is 9.78 Å². The van der Waals surface area contributed by atoms with Gasteiger partial charge in [-0.1, -0.05) is 0 Å². The van der Waals surface area contributed by atoms with E-state index in [1.54, 1.807) is 19.1 Å². The number of carbonyl (C=O) groups excluding carboxylic acids is 1. The van der Waals surface area contributed by atoms with Gasteiger partial charge in [0, 0.05) is 12.6 Å². The summed E-state index contributed by atoms with van der Waals surface area (Å²) in [7, 11) is 1.35. The average Bonchev–Trinajstić information content (AvgIpc) is 2.38. The van der Waals surface area contributed by atoms with E-state index in [1.165, 1.54) is 7.11 Å². The summed E-state index contributed by atoms with van der Waals surface area (Å²) in [6.07, 6.45) is 0.442. The zero-order valence-corrected chi connectivity index (χ0v) is 11.8. The zero-order chi connectivity index (χ0) is 14.4. The first-order valence-electron chi connectivity index (χ1n) is 6.20. The molecule has 1 heterocycles. The van der Waals surface area contributed by atoms with Crippen LogP contribution in [0.4, 0.5) is 5.82 Å². The standard InChI is InChI=1S/C14H19N3O2/c1-10(2)17(9-5-8-15)13-7-6-12(11(3)16-13)14(18)19-4/h6-7,10H,5,9H2,1-4H3. The zero-order valence-electron chi connectivity index (χ0n) is 11.8. The molecule has 5 nitrogen and oxygen atoms in total. The molecule has 0 unspecified atom stereocenters. The van der Waals surface area contributed by atoms with Gasteiger partial charge in [0.25, 0.3) is 0 Å². The van der Waals surface area contributed by atoms with Crippen molar-refractivity contribution >= 4 is 11.8 Å². The number of hydrogen-bond donors (Lipinski definition) is 0. The molecular formula is C14H19N3O2. The molecule has 1 rings (SSSR count). The van der Waals surface area contributed by atoms with E-state index in [2.05, 4.69) is 11.1 Å². The Bertz CT molecular complexity index is 492. The minimum atomic E-state index is -0.385. The summed E-state index contributed by atoms with van der Waals surface area (Å²) in [5, 5.41) is 8.69. The number of hydrogen-bond acceptors (Lipinski definition) is 5. The molecule has 0 bridgehead atoms. The van der Waals surface area contributed by atoms with Crippen LogP contribution in [0.5, 0.6) is 0 Å². The Kier molecular flexibility index (Phi) is 5.31. The number of ether oxygens (including phenoxy) is 1. The number of anilines is 1. The highest BCUT2D eigenvalue weighted by Gasteiger charge is 2.15. The molecule has 0 N–H and O–H groups in total. The van der Waals surface area contributed by atoms with Gasteiger partial charge in [0.1, 0.15) is 5.82 Å². The van der Waals surface area contributed by atoms with E-state index in [4.69, 9.17) is 10.00 Å². The van der Waals surface area contributed by atoms with Gasteiger partial charge in [0.15, 0.2) is 0 Å². The molecule has 0 spiro atoms. The average molecular weight is 261 g/mol. The minimum Gasteiger partial charge on any atom is -0.465 e. The molecular weight excluding hydrogens is 242 g/mol. The second-order valence-corrected chi connectivity index (χ2v) is 4.49. The van der Waals surface area contributed by atoms with E-state index < -0.39 is 0 Å². The Morgan fingerprint density at radius 2 is 2.21 bits per heavy atom. The summed E-state index contributed by atoms with van der Waals surface area (Å²) in [6.45, 7) is 6.49. The number of pyridine rings is 1. The van der Waals surface area contributed by atoms with Gasteiger partial charge in [-0.05, 0) is 32.9 Å². The Morgan fingerprint density at radius 3 is 2.68 bits per heavy atom. The molecule has 5 heteroatoms. The van der Waals surface area contributed by atoms with Gasteiger partial charge in [0.2, 0.25) is 0 Å². The second kappa shape index (κ2) is 6.74. The van der Waals surface area contributed by atoms with Crippen LogP contribution in [0, 0.1) is 18.3 Å². The Morgan fingerprint density at radius 1 is 1.53 bits per heavy atom. The summed E-state index contributed by atoms with van der Waals surface area (Å²) >= 11 is 0. The summed E-state index contributed by atoms with van der Waals surface area (Å²) < 4.78 is 4.69. The van der Waals surface area contributed by atoms with Gasteiger partial charge < -0.3 is 9.64 Å². The van der Waals surface area contributed by atoms with Crippen molar-refractivity contribution in [2.24, 2.45) is 0 Å². The second-order valence-electron chi connectivity index (χ2n) is 4.49. The lowest BCUT2D eigenvalue weighted by atomic mass is 10.2. The molecule has 0 atom stereocenters. The fourth-order valence-corrected chi connectivity index (χ4v) is 1.84. The lowest BCUT2D eigenvalue weighted by molar-refractivity contribution is 0.0599. The van der Waals surface area contributed by atoms with E-state index in [-0.39, 0.29) is 12.0 Å². The highest BCUT2D eigenvalue weighted by Crippen LogP contribution is 2.18. The number of esters is 1. The van der Waals surface area contributed by atoms with Crippen molar-refractivity contribution in [3.8, 4) is 6.07 Å². The monoisotopic (exact) mass is 261 g/mol. The third kappa shape index (κ3) is 3.68. The first-order chi connectivity index (χ1) is 9.01. The molecule has 0 aromatic carbocycles. The van der Waals surface area contributed by atoms with Crippen LogP contribution in [0.2, 0.25) is 0 Å². The lowest BCUT2D eigenvalue weighted by Gasteiger charge is -2.27. The molecule has 0 saturated carbocycles. The van der Waals surface area contributed by atoms with Crippen molar-refractivity contribution in [3.63, 3.8) is 0 Å². The predicted octanol–water partition coefficient (Wildman–Crippen LogP) is 2.31.